The van der Waals surface area contributed by atoms with E-state index >= 15 is 0 Å². The van der Waals surface area contributed by atoms with Gasteiger partial charge in [-0.2, -0.15) is 5.10 Å². The molecule has 1 atom stereocenters. The molecule has 0 saturated heterocycles. The standard InChI is InChI=1S/C15H20BrN3/c1-4-11-6-8-12(9-7-11)14(17-5-2)15-13(16)10-18-19(15)3/h6-10,14,17H,4-5H2,1-3H3. The molecule has 0 saturated carbocycles. The van der Waals surface area contributed by atoms with Gasteiger partial charge in [-0.15, -0.1) is 0 Å². The van der Waals surface area contributed by atoms with Crippen molar-refractivity contribution in [2.45, 2.75) is 26.3 Å². The summed E-state index contributed by atoms with van der Waals surface area (Å²) in [7, 11) is 1.98. The maximum Gasteiger partial charge on any atom is 0.0759 e. The lowest BCUT2D eigenvalue weighted by atomic mass is 10.0. The SMILES string of the molecule is CCNC(c1ccc(CC)cc1)c1c(Br)cnn1C. The van der Waals surface area contributed by atoms with Crippen LogP contribution in [0.5, 0.6) is 0 Å². The quantitative estimate of drug-likeness (QED) is 0.914. The second kappa shape index (κ2) is 6.35. The lowest BCUT2D eigenvalue weighted by Gasteiger charge is -2.19. The van der Waals surface area contributed by atoms with Gasteiger partial charge in [0.15, 0.2) is 0 Å². The number of aryl methyl sites for hydroxylation is 2. The second-order valence-electron chi connectivity index (χ2n) is 4.59. The Morgan fingerprint density at radius 2 is 1.95 bits per heavy atom. The highest BCUT2D eigenvalue weighted by Gasteiger charge is 2.19. The van der Waals surface area contributed by atoms with Crippen LogP contribution in [-0.4, -0.2) is 16.3 Å². The molecule has 1 heterocycles. The number of hydrogen-bond donors (Lipinski definition) is 1. The number of nitrogens with zero attached hydrogens (tertiary/aromatic N) is 2. The average molecular weight is 322 g/mol. The van der Waals surface area contributed by atoms with Crippen LogP contribution in [0, 0.1) is 0 Å². The van der Waals surface area contributed by atoms with Crippen LogP contribution in [0.2, 0.25) is 0 Å². The van der Waals surface area contributed by atoms with Gasteiger partial charge in [-0.05, 0) is 40.0 Å². The fourth-order valence-electron chi connectivity index (χ4n) is 2.27. The Morgan fingerprint density at radius 1 is 1.26 bits per heavy atom. The van der Waals surface area contributed by atoms with Crippen molar-refractivity contribution < 1.29 is 0 Å². The van der Waals surface area contributed by atoms with Crippen molar-refractivity contribution in [1.29, 1.82) is 0 Å². The molecule has 1 aromatic heterocycles. The monoisotopic (exact) mass is 321 g/mol. The highest BCUT2D eigenvalue weighted by Crippen LogP contribution is 2.28. The van der Waals surface area contributed by atoms with Crippen LogP contribution in [0.4, 0.5) is 0 Å². The first kappa shape index (κ1) is 14.3. The molecule has 19 heavy (non-hydrogen) atoms. The van der Waals surface area contributed by atoms with Crippen LogP contribution in [0.3, 0.4) is 0 Å². The third-order valence-corrected chi connectivity index (χ3v) is 3.95. The Hall–Kier alpha value is -1.13. The number of aromatic nitrogens is 2. The zero-order chi connectivity index (χ0) is 13.8. The molecule has 0 radical (unpaired) electrons. The molecular weight excluding hydrogens is 302 g/mol. The first-order chi connectivity index (χ1) is 9.17. The Bertz CT molecular complexity index is 511. The van der Waals surface area contributed by atoms with Crippen LogP contribution in [0.1, 0.15) is 36.7 Å². The van der Waals surface area contributed by atoms with Crippen LogP contribution < -0.4 is 5.32 Å². The van der Waals surface area contributed by atoms with Crippen molar-refractivity contribution >= 4 is 15.9 Å². The summed E-state index contributed by atoms with van der Waals surface area (Å²) in [5.41, 5.74) is 3.79. The van der Waals surface area contributed by atoms with E-state index in [0.717, 1.165) is 23.1 Å². The zero-order valence-corrected chi connectivity index (χ0v) is 13.2. The third-order valence-electron chi connectivity index (χ3n) is 3.34. The number of nitrogens with one attached hydrogen (secondary N) is 1. The molecule has 1 aromatic carbocycles. The van der Waals surface area contributed by atoms with E-state index < -0.39 is 0 Å². The molecule has 0 aliphatic heterocycles. The molecule has 0 aliphatic rings. The van der Waals surface area contributed by atoms with E-state index in [-0.39, 0.29) is 6.04 Å². The minimum atomic E-state index is 0.165. The van der Waals surface area contributed by atoms with Gasteiger partial charge in [0.25, 0.3) is 0 Å². The Morgan fingerprint density at radius 3 is 2.42 bits per heavy atom. The summed E-state index contributed by atoms with van der Waals surface area (Å²) >= 11 is 3.59. The van der Waals surface area contributed by atoms with Crippen molar-refractivity contribution in [3.8, 4) is 0 Å². The largest absolute Gasteiger partial charge is 0.305 e. The van der Waals surface area contributed by atoms with E-state index in [9.17, 15) is 0 Å². The number of hydrogen-bond acceptors (Lipinski definition) is 2. The fraction of sp³-hybridized carbons (Fsp3) is 0.400. The first-order valence-corrected chi connectivity index (χ1v) is 7.46. The highest BCUT2D eigenvalue weighted by atomic mass is 79.9. The van der Waals surface area contributed by atoms with E-state index in [1.54, 1.807) is 0 Å². The second-order valence-corrected chi connectivity index (χ2v) is 5.44. The molecule has 3 nitrogen and oxygen atoms in total. The van der Waals surface area contributed by atoms with Gasteiger partial charge in [0.05, 0.1) is 22.4 Å². The first-order valence-electron chi connectivity index (χ1n) is 6.67. The van der Waals surface area contributed by atoms with Gasteiger partial charge in [0.2, 0.25) is 0 Å². The molecule has 1 N–H and O–H groups in total. The van der Waals surface area contributed by atoms with E-state index in [0.29, 0.717) is 0 Å². The Kier molecular flexibility index (Phi) is 4.77. The van der Waals surface area contributed by atoms with Crippen LogP contribution in [0.25, 0.3) is 0 Å². The zero-order valence-electron chi connectivity index (χ0n) is 11.7. The van der Waals surface area contributed by atoms with Crippen LogP contribution in [-0.2, 0) is 13.5 Å². The van der Waals surface area contributed by atoms with Gasteiger partial charge >= 0.3 is 0 Å². The van der Waals surface area contributed by atoms with E-state index in [1.807, 2.05) is 17.9 Å². The average Bonchev–Trinajstić information content (AvgIpc) is 2.76. The fourth-order valence-corrected chi connectivity index (χ4v) is 2.84. The molecule has 0 spiro atoms. The van der Waals surface area contributed by atoms with Crippen molar-refractivity contribution in [2.75, 3.05) is 6.54 Å². The molecule has 102 valence electrons. The van der Waals surface area contributed by atoms with E-state index in [2.05, 4.69) is 64.5 Å². The maximum absolute atomic E-state index is 4.31. The predicted octanol–water partition coefficient (Wildman–Crippen LogP) is 3.44. The van der Waals surface area contributed by atoms with Crippen LogP contribution >= 0.6 is 15.9 Å². The Labute approximate surface area is 123 Å². The third kappa shape index (κ3) is 3.07. The Balaban J connectivity index is 2.39. The van der Waals surface area contributed by atoms with Gasteiger partial charge in [-0.25, -0.2) is 0 Å². The molecule has 2 rings (SSSR count). The van der Waals surface area contributed by atoms with E-state index in [1.165, 1.54) is 11.1 Å². The summed E-state index contributed by atoms with van der Waals surface area (Å²) in [6.45, 7) is 5.21. The predicted molar refractivity (Wildman–Crippen MR) is 82.2 cm³/mol. The molecule has 2 aromatic rings. The minimum absolute atomic E-state index is 0.165. The van der Waals surface area contributed by atoms with Gasteiger partial charge in [-0.3, -0.25) is 4.68 Å². The summed E-state index contributed by atoms with van der Waals surface area (Å²) in [5.74, 6) is 0. The molecule has 0 amide bonds. The normalized spacial score (nSPS) is 12.6. The molecule has 0 bridgehead atoms. The summed E-state index contributed by atoms with van der Waals surface area (Å²) in [6, 6.07) is 8.96. The summed E-state index contributed by atoms with van der Waals surface area (Å²) in [5, 5.41) is 7.84. The van der Waals surface area contributed by atoms with Crippen molar-refractivity contribution in [3.63, 3.8) is 0 Å². The lowest BCUT2D eigenvalue weighted by Crippen LogP contribution is -2.24. The molecule has 1 unspecified atom stereocenters. The van der Waals surface area contributed by atoms with Gasteiger partial charge in [-0.1, -0.05) is 38.1 Å². The maximum atomic E-state index is 4.31. The molecule has 4 heteroatoms. The number of halogens is 1. The van der Waals surface area contributed by atoms with Gasteiger partial charge in [0, 0.05) is 7.05 Å². The molecule has 0 aliphatic carbocycles. The minimum Gasteiger partial charge on any atom is -0.305 e. The van der Waals surface area contributed by atoms with Crippen molar-refractivity contribution in [2.24, 2.45) is 7.05 Å². The van der Waals surface area contributed by atoms with Crippen LogP contribution in [0.15, 0.2) is 34.9 Å². The molecule has 0 fully saturated rings. The smallest absolute Gasteiger partial charge is 0.0759 e. The summed E-state index contributed by atoms with van der Waals surface area (Å²) in [4.78, 5) is 0. The summed E-state index contributed by atoms with van der Waals surface area (Å²) < 4.78 is 2.96. The number of benzene rings is 1. The molecular formula is C15H20BrN3. The lowest BCUT2D eigenvalue weighted by molar-refractivity contribution is 0.570. The number of rotatable bonds is 5. The van der Waals surface area contributed by atoms with Gasteiger partial charge < -0.3 is 5.32 Å². The highest BCUT2D eigenvalue weighted by molar-refractivity contribution is 9.10. The van der Waals surface area contributed by atoms with E-state index in [4.69, 9.17) is 0 Å². The topological polar surface area (TPSA) is 29.9 Å². The van der Waals surface area contributed by atoms with Gasteiger partial charge in [0.1, 0.15) is 0 Å². The van der Waals surface area contributed by atoms with Crippen molar-refractivity contribution in [1.82, 2.24) is 15.1 Å². The van der Waals surface area contributed by atoms with Crippen molar-refractivity contribution in [3.05, 3.63) is 51.8 Å². The summed E-state index contributed by atoms with van der Waals surface area (Å²) in [6.07, 6.45) is 2.92.